The molecule has 1 amide bonds. The first-order valence-electron chi connectivity index (χ1n) is 7.83. The Kier molecular flexibility index (Phi) is 6.47. The van der Waals surface area contributed by atoms with Crippen molar-refractivity contribution in [2.24, 2.45) is 0 Å². The van der Waals surface area contributed by atoms with Crippen molar-refractivity contribution in [3.05, 3.63) is 42.1 Å². The van der Waals surface area contributed by atoms with E-state index in [0.29, 0.717) is 12.1 Å². The average Bonchev–Trinajstić information content (AvgIpc) is 2.56. The van der Waals surface area contributed by atoms with Crippen molar-refractivity contribution >= 4 is 17.9 Å². The fourth-order valence-corrected chi connectivity index (χ4v) is 2.94. The zero-order valence-corrected chi connectivity index (χ0v) is 14.3. The van der Waals surface area contributed by atoms with E-state index in [9.17, 15) is 9.90 Å². The fraction of sp³-hybridized carbons (Fsp3) is 0.333. The van der Waals surface area contributed by atoms with Crippen LogP contribution in [0.25, 0.3) is 11.3 Å². The maximum atomic E-state index is 11.9. The number of pyridine rings is 1. The molecule has 0 unspecified atom stereocenters. The standard InChI is InChI=1S/C18H22N2O2S/c1-3-4-5-10-17(22)20-23-16-9-7-6-8-14(16)18-15(21)12-11-13(2)19-18/h6-9,11-12,21H,3-5,10H2,1-2H3,(H,20,22). The molecule has 0 atom stereocenters. The normalized spacial score (nSPS) is 10.5. The minimum absolute atomic E-state index is 0.0275. The van der Waals surface area contributed by atoms with Crippen LogP contribution in [0.2, 0.25) is 0 Å². The summed E-state index contributed by atoms with van der Waals surface area (Å²) in [7, 11) is 0. The molecule has 2 N–H and O–H groups in total. The van der Waals surface area contributed by atoms with E-state index in [1.165, 1.54) is 11.9 Å². The van der Waals surface area contributed by atoms with Crippen molar-refractivity contribution in [1.82, 2.24) is 9.71 Å². The van der Waals surface area contributed by atoms with Crippen LogP contribution < -0.4 is 4.72 Å². The minimum atomic E-state index is 0.0275. The zero-order valence-electron chi connectivity index (χ0n) is 13.5. The van der Waals surface area contributed by atoms with Crippen LogP contribution in [0.3, 0.4) is 0 Å². The molecule has 0 fully saturated rings. The number of carbonyl (C=O) groups excluding carboxylic acids is 1. The van der Waals surface area contributed by atoms with Gasteiger partial charge >= 0.3 is 0 Å². The number of rotatable bonds is 7. The molecule has 2 rings (SSSR count). The molecular formula is C18H22N2O2S. The molecule has 0 radical (unpaired) electrons. The van der Waals surface area contributed by atoms with E-state index in [4.69, 9.17) is 0 Å². The third-order valence-corrected chi connectivity index (χ3v) is 4.34. The van der Waals surface area contributed by atoms with Gasteiger partial charge in [0.1, 0.15) is 11.4 Å². The van der Waals surface area contributed by atoms with E-state index in [2.05, 4.69) is 16.6 Å². The third kappa shape index (κ3) is 4.99. The van der Waals surface area contributed by atoms with Gasteiger partial charge in [0.15, 0.2) is 0 Å². The lowest BCUT2D eigenvalue weighted by molar-refractivity contribution is -0.119. The summed E-state index contributed by atoms with van der Waals surface area (Å²) in [6.07, 6.45) is 3.61. The summed E-state index contributed by atoms with van der Waals surface area (Å²) in [4.78, 5) is 17.1. The third-order valence-electron chi connectivity index (χ3n) is 3.44. The van der Waals surface area contributed by atoms with Gasteiger partial charge in [-0.1, -0.05) is 38.0 Å². The number of aromatic hydroxyl groups is 1. The number of aromatic nitrogens is 1. The van der Waals surface area contributed by atoms with Gasteiger partial charge in [-0.3, -0.25) is 9.52 Å². The second kappa shape index (κ2) is 8.58. The molecule has 122 valence electrons. The van der Waals surface area contributed by atoms with Crippen LogP contribution in [-0.4, -0.2) is 16.0 Å². The van der Waals surface area contributed by atoms with E-state index in [1.54, 1.807) is 12.1 Å². The summed E-state index contributed by atoms with van der Waals surface area (Å²) < 4.78 is 2.87. The van der Waals surface area contributed by atoms with Crippen molar-refractivity contribution in [1.29, 1.82) is 0 Å². The van der Waals surface area contributed by atoms with Gasteiger partial charge in [-0.2, -0.15) is 0 Å². The smallest absolute Gasteiger partial charge is 0.230 e. The van der Waals surface area contributed by atoms with Crippen molar-refractivity contribution in [2.45, 2.75) is 44.4 Å². The highest BCUT2D eigenvalue weighted by atomic mass is 32.2. The Hall–Kier alpha value is -2.01. The van der Waals surface area contributed by atoms with E-state index >= 15 is 0 Å². The van der Waals surface area contributed by atoms with Crippen LogP contribution in [0.5, 0.6) is 5.75 Å². The molecular weight excluding hydrogens is 308 g/mol. The highest BCUT2D eigenvalue weighted by molar-refractivity contribution is 7.98. The lowest BCUT2D eigenvalue weighted by Gasteiger charge is -2.11. The molecule has 0 aliphatic carbocycles. The molecule has 4 nitrogen and oxygen atoms in total. The number of unbranched alkanes of at least 4 members (excludes halogenated alkanes) is 2. The molecule has 0 saturated heterocycles. The summed E-state index contributed by atoms with van der Waals surface area (Å²) in [6, 6.07) is 11.0. The highest BCUT2D eigenvalue weighted by Gasteiger charge is 2.12. The molecule has 0 aliphatic rings. The number of nitrogens with one attached hydrogen (secondary N) is 1. The average molecular weight is 330 g/mol. The Balaban J connectivity index is 2.12. The first kappa shape index (κ1) is 17.3. The van der Waals surface area contributed by atoms with E-state index in [1.807, 2.05) is 31.2 Å². The molecule has 1 aromatic heterocycles. The SMILES string of the molecule is CCCCCC(=O)NSc1ccccc1-c1nc(C)ccc1O. The number of hydrogen-bond donors (Lipinski definition) is 2. The van der Waals surface area contributed by atoms with Crippen LogP contribution in [0.4, 0.5) is 0 Å². The highest BCUT2D eigenvalue weighted by Crippen LogP contribution is 2.34. The first-order chi connectivity index (χ1) is 11.1. The van der Waals surface area contributed by atoms with Crippen LogP contribution in [0.1, 0.15) is 38.3 Å². The van der Waals surface area contributed by atoms with Crippen molar-refractivity contribution in [2.75, 3.05) is 0 Å². The van der Waals surface area contributed by atoms with Gasteiger partial charge in [0, 0.05) is 22.6 Å². The Morgan fingerprint density at radius 2 is 2.00 bits per heavy atom. The second-order valence-corrected chi connectivity index (χ2v) is 6.25. The predicted molar refractivity (Wildman–Crippen MR) is 94.2 cm³/mol. The molecule has 5 heteroatoms. The molecule has 0 spiro atoms. The van der Waals surface area contributed by atoms with Crippen LogP contribution in [0, 0.1) is 6.92 Å². The van der Waals surface area contributed by atoms with Gasteiger partial charge in [-0.15, -0.1) is 0 Å². The quantitative estimate of drug-likeness (QED) is 0.581. The molecule has 1 aromatic carbocycles. The lowest BCUT2D eigenvalue weighted by Crippen LogP contribution is -2.15. The summed E-state index contributed by atoms with van der Waals surface area (Å²) in [6.45, 7) is 4.00. The maximum absolute atomic E-state index is 11.9. The van der Waals surface area contributed by atoms with Gasteiger partial charge < -0.3 is 5.11 Å². The Labute approximate surface area is 141 Å². The van der Waals surface area contributed by atoms with Crippen molar-refractivity contribution in [3.63, 3.8) is 0 Å². The Morgan fingerprint density at radius 3 is 2.78 bits per heavy atom. The number of carbonyl (C=O) groups is 1. The van der Waals surface area contributed by atoms with E-state index in [0.717, 1.165) is 35.4 Å². The summed E-state index contributed by atoms with van der Waals surface area (Å²) in [5, 5.41) is 10.1. The first-order valence-corrected chi connectivity index (χ1v) is 8.65. The lowest BCUT2D eigenvalue weighted by atomic mass is 10.1. The van der Waals surface area contributed by atoms with Crippen LogP contribution in [-0.2, 0) is 4.79 Å². The van der Waals surface area contributed by atoms with E-state index in [-0.39, 0.29) is 11.7 Å². The second-order valence-electron chi connectivity index (χ2n) is 5.40. The van der Waals surface area contributed by atoms with Crippen LogP contribution >= 0.6 is 11.9 Å². The van der Waals surface area contributed by atoms with Gasteiger partial charge in [0.2, 0.25) is 5.91 Å². The van der Waals surface area contributed by atoms with Gasteiger partial charge in [0.05, 0.1) is 0 Å². The fourth-order valence-electron chi connectivity index (χ4n) is 2.20. The molecule has 1 heterocycles. The largest absolute Gasteiger partial charge is 0.506 e. The van der Waals surface area contributed by atoms with Crippen LogP contribution in [0.15, 0.2) is 41.3 Å². The van der Waals surface area contributed by atoms with Gasteiger partial charge in [-0.05, 0) is 43.5 Å². The predicted octanol–water partition coefficient (Wildman–Crippen LogP) is 4.47. The van der Waals surface area contributed by atoms with Crippen molar-refractivity contribution < 1.29 is 9.90 Å². The van der Waals surface area contributed by atoms with E-state index < -0.39 is 0 Å². The molecule has 23 heavy (non-hydrogen) atoms. The van der Waals surface area contributed by atoms with Crippen molar-refractivity contribution in [3.8, 4) is 17.0 Å². The monoisotopic (exact) mass is 330 g/mol. The number of nitrogens with zero attached hydrogens (tertiary/aromatic N) is 1. The minimum Gasteiger partial charge on any atom is -0.506 e. The Morgan fingerprint density at radius 1 is 1.22 bits per heavy atom. The number of benzene rings is 1. The summed E-state index contributed by atoms with van der Waals surface area (Å²) in [5.74, 6) is 0.164. The zero-order chi connectivity index (χ0) is 16.7. The number of aryl methyl sites for hydroxylation is 1. The maximum Gasteiger partial charge on any atom is 0.230 e. The Bertz CT molecular complexity index is 674. The number of amides is 1. The number of hydrogen-bond acceptors (Lipinski definition) is 4. The van der Waals surface area contributed by atoms with Gasteiger partial charge in [-0.25, -0.2) is 4.98 Å². The summed E-state index contributed by atoms with van der Waals surface area (Å²) in [5.41, 5.74) is 2.18. The molecule has 0 aliphatic heterocycles. The van der Waals surface area contributed by atoms with Gasteiger partial charge in [0.25, 0.3) is 0 Å². The topological polar surface area (TPSA) is 62.2 Å². The molecule has 2 aromatic rings. The molecule has 0 saturated carbocycles. The molecule has 0 bridgehead atoms. The summed E-state index contributed by atoms with van der Waals surface area (Å²) >= 11 is 1.27.